The Hall–Kier alpha value is -0.840. The summed E-state index contributed by atoms with van der Waals surface area (Å²) in [6, 6.07) is 4.65. The lowest BCUT2D eigenvalue weighted by atomic mass is 10.2. The van der Waals surface area contributed by atoms with Crippen LogP contribution in [-0.4, -0.2) is 17.0 Å². The fraction of sp³-hybridized carbons (Fsp3) is 0.333. The highest BCUT2D eigenvalue weighted by molar-refractivity contribution is 7.99. The molecule has 0 amide bonds. The highest BCUT2D eigenvalue weighted by Gasteiger charge is 2.28. The first-order valence-electron chi connectivity index (χ1n) is 3.88. The van der Waals surface area contributed by atoms with Gasteiger partial charge in [-0.1, -0.05) is 12.1 Å². The summed E-state index contributed by atoms with van der Waals surface area (Å²) in [4.78, 5) is 0.296. The highest BCUT2D eigenvalue weighted by atomic mass is 32.2. The van der Waals surface area contributed by atoms with Gasteiger partial charge in [-0.25, -0.2) is 0 Å². The van der Waals surface area contributed by atoms with E-state index in [1.807, 2.05) is 0 Å². The number of aromatic hydroxyl groups is 1. The molecule has 0 aliphatic rings. The van der Waals surface area contributed by atoms with Gasteiger partial charge in [-0.15, -0.1) is 11.8 Å². The van der Waals surface area contributed by atoms with E-state index in [1.165, 1.54) is 6.07 Å². The molecule has 0 bridgehead atoms. The number of aryl methyl sites for hydroxylation is 1. The number of hydrogen-bond acceptors (Lipinski definition) is 2. The average molecular weight is 222 g/mol. The average Bonchev–Trinajstić information content (AvgIpc) is 2.01. The molecule has 78 valence electrons. The second kappa shape index (κ2) is 4.13. The van der Waals surface area contributed by atoms with E-state index in [0.29, 0.717) is 22.2 Å². The number of benzene rings is 1. The molecule has 14 heavy (non-hydrogen) atoms. The van der Waals surface area contributed by atoms with E-state index in [2.05, 4.69) is 0 Å². The molecular formula is C9H9F3OS. The molecule has 0 saturated heterocycles. The van der Waals surface area contributed by atoms with Crippen molar-refractivity contribution in [3.05, 3.63) is 23.8 Å². The first-order valence-corrected chi connectivity index (χ1v) is 4.87. The van der Waals surface area contributed by atoms with Gasteiger partial charge in [-0.3, -0.25) is 0 Å². The highest BCUT2D eigenvalue weighted by Crippen LogP contribution is 2.34. The summed E-state index contributed by atoms with van der Waals surface area (Å²) >= 11 is 0.606. The van der Waals surface area contributed by atoms with Gasteiger partial charge in [0.2, 0.25) is 0 Å². The topological polar surface area (TPSA) is 20.2 Å². The van der Waals surface area contributed by atoms with Crippen LogP contribution < -0.4 is 0 Å². The molecule has 0 aromatic heterocycles. The van der Waals surface area contributed by atoms with Crippen molar-refractivity contribution in [3.63, 3.8) is 0 Å². The maximum atomic E-state index is 11.9. The van der Waals surface area contributed by atoms with Crippen LogP contribution in [0.2, 0.25) is 0 Å². The van der Waals surface area contributed by atoms with E-state index in [9.17, 15) is 18.3 Å². The van der Waals surface area contributed by atoms with Crippen LogP contribution in [0.15, 0.2) is 23.1 Å². The van der Waals surface area contributed by atoms with Crippen LogP contribution in [0.4, 0.5) is 13.2 Å². The van der Waals surface area contributed by atoms with E-state index in [1.54, 1.807) is 19.1 Å². The van der Waals surface area contributed by atoms with Crippen LogP contribution in [0, 0.1) is 6.92 Å². The Labute approximate surface area is 83.9 Å². The maximum Gasteiger partial charge on any atom is 0.398 e. The van der Waals surface area contributed by atoms with Crippen molar-refractivity contribution >= 4 is 11.8 Å². The molecule has 0 heterocycles. The predicted octanol–water partition coefficient (Wildman–Crippen LogP) is 3.36. The number of rotatable bonds is 2. The third kappa shape index (κ3) is 3.14. The second-order valence-corrected chi connectivity index (χ2v) is 3.81. The Morgan fingerprint density at radius 3 is 2.50 bits per heavy atom. The Bertz CT molecular complexity index is 302. The molecule has 0 fully saturated rings. The van der Waals surface area contributed by atoms with Crippen LogP contribution in [0.1, 0.15) is 5.56 Å². The molecule has 0 aliphatic carbocycles. The van der Waals surface area contributed by atoms with Gasteiger partial charge in [0.1, 0.15) is 5.75 Å². The molecule has 0 aliphatic heterocycles. The fourth-order valence-electron chi connectivity index (χ4n) is 0.979. The van der Waals surface area contributed by atoms with E-state index in [0.717, 1.165) is 0 Å². The Morgan fingerprint density at radius 2 is 2.00 bits per heavy atom. The monoisotopic (exact) mass is 222 g/mol. The molecule has 1 N–H and O–H groups in total. The second-order valence-electron chi connectivity index (χ2n) is 2.83. The minimum atomic E-state index is -4.21. The lowest BCUT2D eigenvalue weighted by Crippen LogP contribution is -2.10. The number of thioether (sulfide) groups is 1. The minimum Gasteiger partial charge on any atom is -0.507 e. The number of halogens is 3. The summed E-state index contributed by atoms with van der Waals surface area (Å²) in [7, 11) is 0. The summed E-state index contributed by atoms with van der Waals surface area (Å²) < 4.78 is 35.7. The molecule has 0 spiro atoms. The van der Waals surface area contributed by atoms with E-state index in [-0.39, 0.29) is 5.75 Å². The van der Waals surface area contributed by atoms with Gasteiger partial charge in [0.25, 0.3) is 0 Å². The summed E-state index contributed by atoms with van der Waals surface area (Å²) in [6.07, 6.45) is -4.21. The van der Waals surface area contributed by atoms with Crippen LogP contribution in [0.5, 0.6) is 5.75 Å². The minimum absolute atomic E-state index is 0.0979. The van der Waals surface area contributed by atoms with Crippen molar-refractivity contribution in [2.45, 2.75) is 18.0 Å². The van der Waals surface area contributed by atoms with Gasteiger partial charge in [-0.2, -0.15) is 13.2 Å². The third-order valence-electron chi connectivity index (χ3n) is 1.57. The van der Waals surface area contributed by atoms with Gasteiger partial charge in [0.05, 0.1) is 10.6 Å². The van der Waals surface area contributed by atoms with Crippen molar-refractivity contribution < 1.29 is 18.3 Å². The molecule has 0 atom stereocenters. The normalized spacial score (nSPS) is 11.7. The molecule has 0 radical (unpaired) electrons. The first-order chi connectivity index (χ1) is 6.40. The molecule has 0 unspecified atom stereocenters. The summed E-state index contributed by atoms with van der Waals surface area (Å²) in [5, 5.41) is 9.30. The zero-order valence-electron chi connectivity index (χ0n) is 7.43. The Balaban J connectivity index is 2.77. The van der Waals surface area contributed by atoms with Crippen molar-refractivity contribution in [2.24, 2.45) is 0 Å². The van der Waals surface area contributed by atoms with Gasteiger partial charge >= 0.3 is 6.18 Å². The first kappa shape index (κ1) is 11.2. The van der Waals surface area contributed by atoms with Crippen LogP contribution in [-0.2, 0) is 0 Å². The van der Waals surface area contributed by atoms with E-state index >= 15 is 0 Å². The summed E-state index contributed by atoms with van der Waals surface area (Å²) in [6.45, 7) is 1.67. The van der Waals surface area contributed by atoms with Crippen LogP contribution in [0.3, 0.4) is 0 Å². The van der Waals surface area contributed by atoms with Crippen LogP contribution >= 0.6 is 11.8 Å². The van der Waals surface area contributed by atoms with Gasteiger partial charge < -0.3 is 5.11 Å². The molecule has 5 heteroatoms. The predicted molar refractivity (Wildman–Crippen MR) is 49.6 cm³/mol. The number of phenolic OH excluding ortho intramolecular Hbond substituents is 1. The van der Waals surface area contributed by atoms with Crippen molar-refractivity contribution in [3.8, 4) is 5.75 Å². The number of alkyl halides is 3. The SMILES string of the molecule is Cc1cccc(O)c1SCC(F)(F)F. The van der Waals surface area contributed by atoms with E-state index in [4.69, 9.17) is 0 Å². The lowest BCUT2D eigenvalue weighted by Gasteiger charge is -2.09. The van der Waals surface area contributed by atoms with Crippen molar-refractivity contribution in [2.75, 3.05) is 5.75 Å². The Kier molecular flexibility index (Phi) is 3.31. The third-order valence-corrected chi connectivity index (χ3v) is 2.86. The molecule has 1 rings (SSSR count). The maximum absolute atomic E-state index is 11.9. The lowest BCUT2D eigenvalue weighted by molar-refractivity contribution is -0.105. The van der Waals surface area contributed by atoms with Gasteiger partial charge in [0, 0.05) is 0 Å². The van der Waals surface area contributed by atoms with Crippen molar-refractivity contribution in [1.82, 2.24) is 0 Å². The Morgan fingerprint density at radius 1 is 1.36 bits per heavy atom. The van der Waals surface area contributed by atoms with Gasteiger partial charge in [0.15, 0.2) is 0 Å². The number of hydrogen-bond donors (Lipinski definition) is 1. The number of phenols is 1. The smallest absolute Gasteiger partial charge is 0.398 e. The molecule has 1 nitrogen and oxygen atoms in total. The van der Waals surface area contributed by atoms with Crippen LogP contribution in [0.25, 0.3) is 0 Å². The standard InChI is InChI=1S/C9H9F3OS/c1-6-3-2-4-7(13)8(6)14-5-9(10,11)12/h2-4,13H,5H2,1H3. The molecule has 0 saturated carbocycles. The fourth-order valence-corrected chi connectivity index (χ4v) is 1.80. The summed E-state index contributed by atoms with van der Waals surface area (Å²) in [5.41, 5.74) is 0.652. The van der Waals surface area contributed by atoms with E-state index < -0.39 is 11.9 Å². The molecular weight excluding hydrogens is 213 g/mol. The molecule has 1 aromatic carbocycles. The molecule has 1 aromatic rings. The zero-order valence-corrected chi connectivity index (χ0v) is 8.25. The van der Waals surface area contributed by atoms with Crippen molar-refractivity contribution in [1.29, 1.82) is 0 Å². The summed E-state index contributed by atoms with van der Waals surface area (Å²) in [5.74, 6) is -1.08. The zero-order chi connectivity index (χ0) is 10.8. The largest absolute Gasteiger partial charge is 0.507 e. The quantitative estimate of drug-likeness (QED) is 0.774. The van der Waals surface area contributed by atoms with Gasteiger partial charge in [-0.05, 0) is 18.6 Å².